The van der Waals surface area contributed by atoms with Crippen LogP contribution in [0.5, 0.6) is 0 Å². The van der Waals surface area contributed by atoms with Crippen LogP contribution in [-0.2, 0) is 11.2 Å². The summed E-state index contributed by atoms with van der Waals surface area (Å²) >= 11 is 0. The van der Waals surface area contributed by atoms with Crippen LogP contribution in [0.25, 0.3) is 10.9 Å². The minimum atomic E-state index is -1.29. The van der Waals surface area contributed by atoms with Gasteiger partial charge in [0.1, 0.15) is 6.04 Å². The van der Waals surface area contributed by atoms with Crippen molar-refractivity contribution in [3.8, 4) is 0 Å². The molecule has 0 aliphatic carbocycles. The van der Waals surface area contributed by atoms with E-state index in [1.165, 1.54) is 4.57 Å². The van der Waals surface area contributed by atoms with E-state index < -0.39 is 18.2 Å². The van der Waals surface area contributed by atoms with E-state index in [-0.39, 0.29) is 11.4 Å². The van der Waals surface area contributed by atoms with Gasteiger partial charge in [-0.25, -0.2) is 4.98 Å². The molecule has 120 valence electrons. The highest BCUT2D eigenvalue weighted by Gasteiger charge is 2.34. The Morgan fingerprint density at radius 3 is 2.54 bits per heavy atom. The van der Waals surface area contributed by atoms with Gasteiger partial charge in [-0.1, -0.05) is 42.5 Å². The number of benzene rings is 2. The van der Waals surface area contributed by atoms with Crippen molar-refractivity contribution in [3.05, 3.63) is 76.3 Å². The lowest BCUT2D eigenvalue weighted by Crippen LogP contribution is -2.48. The number of aliphatic hydroxyl groups excluding tert-OH is 1. The highest BCUT2D eigenvalue weighted by Crippen LogP contribution is 2.24. The fraction of sp³-hybridized carbons (Fsp3) is 0.167. The van der Waals surface area contributed by atoms with Gasteiger partial charge < -0.3 is 10.4 Å². The minimum Gasteiger partial charge on any atom is -0.367 e. The van der Waals surface area contributed by atoms with Gasteiger partial charge in [-0.3, -0.25) is 14.2 Å². The first-order valence-corrected chi connectivity index (χ1v) is 7.68. The zero-order valence-electron chi connectivity index (χ0n) is 12.7. The van der Waals surface area contributed by atoms with Crippen molar-refractivity contribution in [1.82, 2.24) is 14.9 Å². The fourth-order valence-electron chi connectivity index (χ4n) is 3.09. The van der Waals surface area contributed by atoms with Gasteiger partial charge in [0.25, 0.3) is 5.56 Å². The molecule has 1 aliphatic heterocycles. The molecule has 2 heterocycles. The van der Waals surface area contributed by atoms with E-state index >= 15 is 0 Å². The summed E-state index contributed by atoms with van der Waals surface area (Å²) in [6.07, 6.45) is -0.936. The summed E-state index contributed by atoms with van der Waals surface area (Å²) in [5, 5.41) is 13.1. The van der Waals surface area contributed by atoms with Crippen LogP contribution in [-0.4, -0.2) is 20.6 Å². The number of nitrogens with one attached hydrogen (secondary N) is 1. The highest BCUT2D eigenvalue weighted by atomic mass is 16.3. The topological polar surface area (TPSA) is 84.2 Å². The van der Waals surface area contributed by atoms with Gasteiger partial charge in [-0.15, -0.1) is 0 Å². The van der Waals surface area contributed by atoms with Gasteiger partial charge in [0.05, 0.1) is 10.9 Å². The molecule has 2 atom stereocenters. The summed E-state index contributed by atoms with van der Waals surface area (Å²) in [4.78, 5) is 29.7. The maximum Gasteiger partial charge on any atom is 0.262 e. The van der Waals surface area contributed by atoms with Gasteiger partial charge in [-0.2, -0.15) is 0 Å². The largest absolute Gasteiger partial charge is 0.367 e. The molecule has 0 radical (unpaired) electrons. The number of carbonyl (C=O) groups is 1. The van der Waals surface area contributed by atoms with E-state index in [1.54, 1.807) is 24.3 Å². The lowest BCUT2D eigenvalue weighted by Gasteiger charge is -2.30. The first kappa shape index (κ1) is 14.6. The molecular weight excluding hydrogens is 306 g/mol. The SMILES string of the molecule is O=C1NC(O)c2nc3ccccc3c(=O)n2C1Cc1ccccc1. The molecule has 0 bridgehead atoms. The summed E-state index contributed by atoms with van der Waals surface area (Å²) in [6, 6.07) is 15.6. The maximum absolute atomic E-state index is 12.9. The molecule has 0 saturated carbocycles. The van der Waals surface area contributed by atoms with Crippen LogP contribution in [0.2, 0.25) is 0 Å². The molecule has 0 saturated heterocycles. The lowest BCUT2D eigenvalue weighted by atomic mass is 10.0. The van der Waals surface area contributed by atoms with Crippen LogP contribution >= 0.6 is 0 Å². The molecular formula is C18H15N3O3. The normalized spacial score (nSPS) is 19.8. The minimum absolute atomic E-state index is 0.166. The number of fused-ring (bicyclic) bond motifs is 2. The number of nitrogens with zero attached hydrogens (tertiary/aromatic N) is 2. The zero-order valence-corrected chi connectivity index (χ0v) is 12.7. The average molecular weight is 321 g/mol. The van der Waals surface area contributed by atoms with E-state index in [0.29, 0.717) is 17.3 Å². The molecule has 0 fully saturated rings. The van der Waals surface area contributed by atoms with Crippen molar-refractivity contribution in [2.45, 2.75) is 18.7 Å². The number of hydrogen-bond donors (Lipinski definition) is 2. The van der Waals surface area contributed by atoms with Crippen molar-refractivity contribution in [3.63, 3.8) is 0 Å². The molecule has 24 heavy (non-hydrogen) atoms. The van der Waals surface area contributed by atoms with Crippen molar-refractivity contribution in [2.75, 3.05) is 0 Å². The highest BCUT2D eigenvalue weighted by molar-refractivity contribution is 5.84. The molecule has 0 spiro atoms. The number of aromatic nitrogens is 2. The van der Waals surface area contributed by atoms with Crippen LogP contribution in [0.15, 0.2) is 59.4 Å². The monoisotopic (exact) mass is 321 g/mol. The third-order valence-electron chi connectivity index (χ3n) is 4.24. The Balaban J connectivity index is 1.92. The molecule has 3 aromatic rings. The van der Waals surface area contributed by atoms with Crippen molar-refractivity contribution < 1.29 is 9.90 Å². The Hall–Kier alpha value is -2.99. The van der Waals surface area contributed by atoms with E-state index in [1.807, 2.05) is 30.3 Å². The summed E-state index contributed by atoms with van der Waals surface area (Å²) in [5.74, 6) is -0.225. The second-order valence-corrected chi connectivity index (χ2v) is 5.78. The first-order valence-electron chi connectivity index (χ1n) is 7.68. The lowest BCUT2D eigenvalue weighted by molar-refractivity contribution is -0.130. The smallest absolute Gasteiger partial charge is 0.262 e. The van der Waals surface area contributed by atoms with Gasteiger partial charge in [0, 0.05) is 6.42 Å². The number of para-hydroxylation sites is 1. The van der Waals surface area contributed by atoms with Gasteiger partial charge >= 0.3 is 0 Å². The molecule has 4 rings (SSSR count). The van der Waals surface area contributed by atoms with E-state index in [0.717, 1.165) is 5.56 Å². The molecule has 6 heteroatoms. The number of hydrogen-bond acceptors (Lipinski definition) is 4. The van der Waals surface area contributed by atoms with E-state index in [4.69, 9.17) is 0 Å². The van der Waals surface area contributed by atoms with Gasteiger partial charge in [-0.05, 0) is 17.7 Å². The molecule has 1 aliphatic rings. The van der Waals surface area contributed by atoms with Crippen molar-refractivity contribution in [1.29, 1.82) is 0 Å². The molecule has 2 aromatic carbocycles. The first-order chi connectivity index (χ1) is 11.6. The van der Waals surface area contributed by atoms with Gasteiger partial charge in [0.15, 0.2) is 12.1 Å². The second kappa shape index (κ2) is 5.58. The summed E-state index contributed by atoms with van der Waals surface area (Å²) < 4.78 is 1.32. The van der Waals surface area contributed by atoms with Crippen LogP contribution in [0.4, 0.5) is 0 Å². The van der Waals surface area contributed by atoms with Crippen LogP contribution in [0, 0.1) is 0 Å². The molecule has 6 nitrogen and oxygen atoms in total. The third kappa shape index (κ3) is 2.28. The fourth-order valence-corrected chi connectivity index (χ4v) is 3.09. The quantitative estimate of drug-likeness (QED) is 0.745. The predicted octanol–water partition coefficient (Wildman–Crippen LogP) is 1.30. The van der Waals surface area contributed by atoms with Crippen LogP contribution < -0.4 is 10.9 Å². The third-order valence-corrected chi connectivity index (χ3v) is 4.24. The number of rotatable bonds is 2. The maximum atomic E-state index is 12.9. The average Bonchev–Trinajstić information content (AvgIpc) is 2.60. The second-order valence-electron chi connectivity index (χ2n) is 5.78. The number of carbonyl (C=O) groups excluding carboxylic acids is 1. The number of amides is 1. The Morgan fingerprint density at radius 2 is 1.75 bits per heavy atom. The molecule has 1 amide bonds. The standard InChI is InChI=1S/C18H15N3O3/c22-16-14(10-11-6-2-1-3-7-11)21-15(17(23)20-16)19-13-9-5-4-8-12(13)18(21)24/h1-9,14,17,23H,10H2,(H,20,22). The summed E-state index contributed by atoms with van der Waals surface area (Å²) in [5.41, 5.74) is 1.12. The molecule has 2 N–H and O–H groups in total. The Morgan fingerprint density at radius 1 is 1.04 bits per heavy atom. The Bertz CT molecular complexity index is 982. The van der Waals surface area contributed by atoms with Crippen LogP contribution in [0.1, 0.15) is 23.7 Å². The number of aliphatic hydroxyl groups is 1. The van der Waals surface area contributed by atoms with Crippen LogP contribution in [0.3, 0.4) is 0 Å². The van der Waals surface area contributed by atoms with Gasteiger partial charge in [0.2, 0.25) is 5.91 Å². The van der Waals surface area contributed by atoms with Crippen molar-refractivity contribution in [2.24, 2.45) is 0 Å². The summed E-state index contributed by atoms with van der Waals surface area (Å²) in [6.45, 7) is 0. The molecule has 1 aromatic heterocycles. The van der Waals surface area contributed by atoms with Crippen molar-refractivity contribution >= 4 is 16.8 Å². The molecule has 2 unspecified atom stereocenters. The Kier molecular flexibility index (Phi) is 3.39. The predicted molar refractivity (Wildman–Crippen MR) is 88.3 cm³/mol. The van der Waals surface area contributed by atoms with E-state index in [9.17, 15) is 14.7 Å². The Labute approximate surface area is 137 Å². The van der Waals surface area contributed by atoms with E-state index in [2.05, 4.69) is 10.3 Å². The summed E-state index contributed by atoms with van der Waals surface area (Å²) in [7, 11) is 0. The zero-order chi connectivity index (χ0) is 16.7.